The number of carbonyl (C=O) groups is 2. The molecule has 2 amide bonds. The molecule has 3 rings (SSSR count). The average Bonchev–Trinajstić information content (AvgIpc) is 3.30. The van der Waals surface area contributed by atoms with Gasteiger partial charge in [0.1, 0.15) is 12.6 Å². The monoisotopic (exact) mass is 513 g/mol. The summed E-state index contributed by atoms with van der Waals surface area (Å²) in [7, 11) is -3.74. The van der Waals surface area contributed by atoms with Crippen molar-refractivity contribution in [2.24, 2.45) is 0 Å². The SMILES string of the molecule is CC[C@H](C(=O)NC1CCCC1)N(Cc1ccc(C)cc1)C(=O)CN(c1cc(C)cc(C)c1)S(C)(=O)=O. The summed E-state index contributed by atoms with van der Waals surface area (Å²) >= 11 is 0. The lowest BCUT2D eigenvalue weighted by atomic mass is 10.1. The van der Waals surface area contributed by atoms with E-state index in [9.17, 15) is 18.0 Å². The van der Waals surface area contributed by atoms with E-state index in [1.54, 1.807) is 12.1 Å². The molecule has 0 spiro atoms. The van der Waals surface area contributed by atoms with Gasteiger partial charge in [0.25, 0.3) is 0 Å². The van der Waals surface area contributed by atoms with Crippen LogP contribution in [-0.2, 0) is 26.2 Å². The molecule has 0 aliphatic heterocycles. The fourth-order valence-electron chi connectivity index (χ4n) is 4.89. The minimum Gasteiger partial charge on any atom is -0.352 e. The van der Waals surface area contributed by atoms with Crippen molar-refractivity contribution in [2.75, 3.05) is 17.1 Å². The van der Waals surface area contributed by atoms with Gasteiger partial charge in [0.05, 0.1) is 11.9 Å². The molecule has 1 atom stereocenters. The molecule has 36 heavy (non-hydrogen) atoms. The van der Waals surface area contributed by atoms with E-state index in [4.69, 9.17) is 0 Å². The summed E-state index contributed by atoms with van der Waals surface area (Å²) in [4.78, 5) is 28.7. The third kappa shape index (κ3) is 7.32. The number of benzene rings is 2. The van der Waals surface area contributed by atoms with Crippen LogP contribution < -0.4 is 9.62 Å². The van der Waals surface area contributed by atoms with E-state index in [0.717, 1.165) is 58.5 Å². The molecule has 2 aromatic rings. The molecule has 1 fully saturated rings. The standard InChI is InChI=1S/C28H39N3O4S/c1-6-26(28(33)29-24-9-7-8-10-24)30(18-23-13-11-20(2)12-14-23)27(32)19-31(36(5,34)35)25-16-21(3)15-22(4)17-25/h11-17,24,26H,6-10,18-19H2,1-5H3,(H,29,33)/t26-/m1/s1. The van der Waals surface area contributed by atoms with Crippen molar-refractivity contribution >= 4 is 27.5 Å². The molecule has 0 aromatic heterocycles. The average molecular weight is 514 g/mol. The lowest BCUT2D eigenvalue weighted by Gasteiger charge is -2.33. The highest BCUT2D eigenvalue weighted by Crippen LogP contribution is 2.23. The first-order chi connectivity index (χ1) is 17.0. The fraction of sp³-hybridized carbons (Fsp3) is 0.500. The van der Waals surface area contributed by atoms with Gasteiger partial charge < -0.3 is 10.2 Å². The van der Waals surface area contributed by atoms with Crippen molar-refractivity contribution < 1.29 is 18.0 Å². The summed E-state index contributed by atoms with van der Waals surface area (Å²) < 4.78 is 26.7. The first-order valence-corrected chi connectivity index (χ1v) is 14.5. The zero-order valence-corrected chi connectivity index (χ0v) is 22.9. The molecule has 0 unspecified atom stereocenters. The molecule has 7 nitrogen and oxygen atoms in total. The van der Waals surface area contributed by atoms with Gasteiger partial charge in [-0.25, -0.2) is 8.42 Å². The highest BCUT2D eigenvalue weighted by molar-refractivity contribution is 7.92. The Hall–Kier alpha value is -2.87. The number of nitrogens with one attached hydrogen (secondary N) is 1. The molecule has 0 saturated heterocycles. The van der Waals surface area contributed by atoms with Crippen molar-refractivity contribution in [1.82, 2.24) is 10.2 Å². The number of anilines is 1. The van der Waals surface area contributed by atoms with Gasteiger partial charge in [0.15, 0.2) is 0 Å². The Morgan fingerprint density at radius 2 is 1.56 bits per heavy atom. The van der Waals surface area contributed by atoms with Crippen molar-refractivity contribution in [2.45, 2.75) is 78.4 Å². The molecule has 1 aliphatic carbocycles. The van der Waals surface area contributed by atoms with Crippen LogP contribution in [0, 0.1) is 20.8 Å². The van der Waals surface area contributed by atoms with Gasteiger partial charge in [-0.3, -0.25) is 13.9 Å². The summed E-state index contributed by atoms with van der Waals surface area (Å²) in [5, 5.41) is 3.13. The third-order valence-electron chi connectivity index (χ3n) is 6.73. The fourth-order valence-corrected chi connectivity index (χ4v) is 5.72. The van der Waals surface area contributed by atoms with Gasteiger partial charge >= 0.3 is 0 Å². The summed E-state index contributed by atoms with van der Waals surface area (Å²) in [6, 6.07) is 12.7. The van der Waals surface area contributed by atoms with Crippen LogP contribution in [0.25, 0.3) is 0 Å². The minimum absolute atomic E-state index is 0.130. The predicted molar refractivity (Wildman–Crippen MR) is 144 cm³/mol. The summed E-state index contributed by atoms with van der Waals surface area (Å²) in [5.74, 6) is -0.587. The number of hydrogen-bond donors (Lipinski definition) is 1. The summed E-state index contributed by atoms with van der Waals surface area (Å²) in [6.45, 7) is 7.50. The second kappa shape index (κ2) is 11.9. The molecular formula is C28H39N3O4S. The van der Waals surface area contributed by atoms with Gasteiger partial charge in [-0.2, -0.15) is 0 Å². The van der Waals surface area contributed by atoms with Crippen LogP contribution in [0.15, 0.2) is 42.5 Å². The van der Waals surface area contributed by atoms with Crippen LogP contribution in [-0.4, -0.2) is 50.0 Å². The van der Waals surface area contributed by atoms with Crippen LogP contribution in [0.5, 0.6) is 0 Å². The number of nitrogens with zero attached hydrogens (tertiary/aromatic N) is 2. The molecule has 196 valence electrons. The lowest BCUT2D eigenvalue weighted by molar-refractivity contribution is -0.140. The topological polar surface area (TPSA) is 86.8 Å². The van der Waals surface area contributed by atoms with E-state index in [0.29, 0.717) is 12.1 Å². The van der Waals surface area contributed by atoms with E-state index < -0.39 is 22.0 Å². The minimum atomic E-state index is -3.74. The molecule has 0 bridgehead atoms. The highest BCUT2D eigenvalue weighted by atomic mass is 32.2. The van der Waals surface area contributed by atoms with E-state index in [1.807, 2.05) is 58.0 Å². The molecule has 0 heterocycles. The molecule has 2 aromatic carbocycles. The van der Waals surface area contributed by atoms with Crippen molar-refractivity contribution in [3.8, 4) is 0 Å². The van der Waals surface area contributed by atoms with Crippen LogP contribution in [0.1, 0.15) is 61.3 Å². The summed E-state index contributed by atoms with van der Waals surface area (Å²) in [5.41, 5.74) is 4.25. The van der Waals surface area contributed by atoms with Crippen molar-refractivity contribution in [1.29, 1.82) is 0 Å². The number of rotatable bonds is 10. The maximum Gasteiger partial charge on any atom is 0.244 e. The molecule has 1 aliphatic rings. The number of aryl methyl sites for hydroxylation is 3. The number of hydrogen-bond acceptors (Lipinski definition) is 4. The molecule has 8 heteroatoms. The lowest BCUT2D eigenvalue weighted by Crippen LogP contribution is -2.53. The quantitative estimate of drug-likeness (QED) is 0.515. The van der Waals surface area contributed by atoms with E-state index in [1.165, 1.54) is 4.90 Å². The van der Waals surface area contributed by atoms with E-state index >= 15 is 0 Å². The molecular weight excluding hydrogens is 474 g/mol. The van der Waals surface area contributed by atoms with Crippen LogP contribution in [0.4, 0.5) is 5.69 Å². The second-order valence-corrected chi connectivity index (χ2v) is 11.9. The van der Waals surface area contributed by atoms with Crippen LogP contribution in [0.3, 0.4) is 0 Å². The Kier molecular flexibility index (Phi) is 9.17. The largest absolute Gasteiger partial charge is 0.352 e. The summed E-state index contributed by atoms with van der Waals surface area (Å²) in [6.07, 6.45) is 5.61. The molecule has 1 N–H and O–H groups in total. The van der Waals surface area contributed by atoms with Gasteiger partial charge in [-0.05, 0) is 68.9 Å². The third-order valence-corrected chi connectivity index (χ3v) is 7.88. The van der Waals surface area contributed by atoms with Gasteiger partial charge in [0.2, 0.25) is 21.8 Å². The van der Waals surface area contributed by atoms with Crippen molar-refractivity contribution in [3.63, 3.8) is 0 Å². The van der Waals surface area contributed by atoms with Crippen molar-refractivity contribution in [3.05, 3.63) is 64.7 Å². The Morgan fingerprint density at radius 1 is 0.972 bits per heavy atom. The highest BCUT2D eigenvalue weighted by Gasteiger charge is 2.33. The van der Waals surface area contributed by atoms with Gasteiger partial charge in [-0.1, -0.05) is 55.7 Å². The Morgan fingerprint density at radius 3 is 2.08 bits per heavy atom. The first-order valence-electron chi connectivity index (χ1n) is 12.7. The second-order valence-electron chi connectivity index (χ2n) is 10.0. The molecule has 0 radical (unpaired) electrons. The Balaban J connectivity index is 1.93. The number of amides is 2. The smallest absolute Gasteiger partial charge is 0.244 e. The van der Waals surface area contributed by atoms with Gasteiger partial charge in [0, 0.05) is 12.6 Å². The predicted octanol–water partition coefficient (Wildman–Crippen LogP) is 4.24. The normalized spacial score (nSPS) is 14.9. The molecule has 1 saturated carbocycles. The van der Waals surface area contributed by atoms with Gasteiger partial charge in [-0.15, -0.1) is 0 Å². The maximum atomic E-state index is 13.8. The zero-order valence-electron chi connectivity index (χ0n) is 22.1. The first kappa shape index (κ1) is 27.7. The van der Waals surface area contributed by atoms with Crippen LogP contribution >= 0.6 is 0 Å². The Bertz CT molecular complexity index is 1150. The van der Waals surface area contributed by atoms with E-state index in [2.05, 4.69) is 5.32 Å². The Labute approximate surface area is 215 Å². The number of sulfonamides is 1. The number of carbonyl (C=O) groups excluding carboxylic acids is 2. The van der Waals surface area contributed by atoms with E-state index in [-0.39, 0.29) is 25.0 Å². The zero-order chi connectivity index (χ0) is 26.5. The van der Waals surface area contributed by atoms with Crippen LogP contribution in [0.2, 0.25) is 0 Å². The maximum absolute atomic E-state index is 13.8.